The zero-order valence-electron chi connectivity index (χ0n) is 11.7. The van der Waals surface area contributed by atoms with E-state index in [2.05, 4.69) is 20.3 Å². The Bertz CT molecular complexity index is 859. The van der Waals surface area contributed by atoms with Gasteiger partial charge in [-0.2, -0.15) is 0 Å². The van der Waals surface area contributed by atoms with Crippen molar-refractivity contribution in [2.24, 2.45) is 0 Å². The van der Waals surface area contributed by atoms with E-state index in [0.717, 1.165) is 0 Å². The van der Waals surface area contributed by atoms with Crippen LogP contribution in [0, 0.1) is 0 Å². The van der Waals surface area contributed by atoms with Gasteiger partial charge in [0.15, 0.2) is 0 Å². The van der Waals surface area contributed by atoms with Crippen LogP contribution in [0.25, 0.3) is 10.9 Å². The number of H-pyrrole nitrogens is 1. The summed E-state index contributed by atoms with van der Waals surface area (Å²) in [5.41, 5.74) is 1.14. The molecule has 2 heterocycles. The van der Waals surface area contributed by atoms with E-state index in [-0.39, 0.29) is 17.9 Å². The molecular formula is C16H14N4O2. The van der Waals surface area contributed by atoms with Crippen LogP contribution in [0.4, 0.5) is 5.69 Å². The molecule has 0 saturated heterocycles. The second-order valence-corrected chi connectivity index (χ2v) is 4.81. The van der Waals surface area contributed by atoms with E-state index in [9.17, 15) is 9.59 Å². The molecule has 0 atom stereocenters. The number of benzene rings is 1. The number of pyridine rings is 1. The molecule has 0 aliphatic carbocycles. The first-order valence-corrected chi connectivity index (χ1v) is 6.90. The van der Waals surface area contributed by atoms with Crippen molar-refractivity contribution in [1.82, 2.24) is 15.0 Å². The molecule has 1 aromatic carbocycles. The lowest BCUT2D eigenvalue weighted by molar-refractivity contribution is -0.116. The molecule has 1 amide bonds. The standard InChI is InChI=1S/C16H14N4O2/c21-15(18-11-7-9-17-10-8-11)6-5-14-19-13-4-2-1-3-12(13)16(22)20-14/h1-4,7-10H,5-6H2,(H,17,18,21)(H,19,20,22). The van der Waals surface area contributed by atoms with Gasteiger partial charge in [0.2, 0.25) is 5.91 Å². The number of para-hydroxylation sites is 1. The Balaban J connectivity index is 1.69. The molecular weight excluding hydrogens is 280 g/mol. The number of fused-ring (bicyclic) bond motifs is 1. The summed E-state index contributed by atoms with van der Waals surface area (Å²) in [5.74, 6) is 0.371. The minimum atomic E-state index is -0.185. The first kappa shape index (κ1) is 13.9. The number of rotatable bonds is 4. The van der Waals surface area contributed by atoms with Gasteiger partial charge >= 0.3 is 0 Å². The molecule has 0 aliphatic heterocycles. The molecule has 2 N–H and O–H groups in total. The van der Waals surface area contributed by atoms with Gasteiger partial charge in [-0.05, 0) is 24.3 Å². The predicted octanol–water partition coefficient (Wildman–Crippen LogP) is 1.89. The Morgan fingerprint density at radius 1 is 1.14 bits per heavy atom. The third-order valence-corrected chi connectivity index (χ3v) is 3.21. The van der Waals surface area contributed by atoms with E-state index in [1.807, 2.05) is 6.07 Å². The molecule has 3 aromatic rings. The molecule has 0 spiro atoms. The van der Waals surface area contributed by atoms with Gasteiger partial charge in [-0.1, -0.05) is 12.1 Å². The van der Waals surface area contributed by atoms with Gasteiger partial charge in [-0.3, -0.25) is 14.6 Å². The summed E-state index contributed by atoms with van der Waals surface area (Å²) in [4.78, 5) is 34.8. The quantitative estimate of drug-likeness (QED) is 0.769. The zero-order valence-corrected chi connectivity index (χ0v) is 11.7. The van der Waals surface area contributed by atoms with Crippen LogP contribution < -0.4 is 10.9 Å². The summed E-state index contributed by atoms with van der Waals surface area (Å²) in [7, 11) is 0. The summed E-state index contributed by atoms with van der Waals surface area (Å²) in [6, 6.07) is 10.6. The third kappa shape index (κ3) is 3.17. The summed E-state index contributed by atoms with van der Waals surface area (Å²) in [5, 5.41) is 3.31. The second kappa shape index (κ2) is 6.17. The van der Waals surface area contributed by atoms with Crippen LogP contribution >= 0.6 is 0 Å². The Morgan fingerprint density at radius 3 is 2.73 bits per heavy atom. The van der Waals surface area contributed by atoms with Crippen molar-refractivity contribution < 1.29 is 4.79 Å². The number of nitrogens with one attached hydrogen (secondary N) is 2. The number of carbonyl (C=O) groups excluding carboxylic acids is 1. The lowest BCUT2D eigenvalue weighted by Gasteiger charge is -2.05. The maximum Gasteiger partial charge on any atom is 0.258 e. The molecule has 0 unspecified atom stereocenters. The Morgan fingerprint density at radius 2 is 1.91 bits per heavy atom. The number of anilines is 1. The highest BCUT2D eigenvalue weighted by molar-refractivity contribution is 5.90. The van der Waals surface area contributed by atoms with Crippen molar-refractivity contribution >= 4 is 22.5 Å². The van der Waals surface area contributed by atoms with Gasteiger partial charge in [0, 0.05) is 30.9 Å². The average Bonchev–Trinajstić information content (AvgIpc) is 2.54. The van der Waals surface area contributed by atoms with Crippen LogP contribution in [0.3, 0.4) is 0 Å². The molecule has 0 aliphatic rings. The summed E-state index contributed by atoms with van der Waals surface area (Å²) in [6.07, 6.45) is 3.83. The molecule has 0 fully saturated rings. The Labute approximate surface area is 126 Å². The topological polar surface area (TPSA) is 87.7 Å². The molecule has 3 rings (SSSR count). The van der Waals surface area contributed by atoms with Gasteiger partial charge in [-0.25, -0.2) is 4.98 Å². The van der Waals surface area contributed by atoms with Crippen LogP contribution in [-0.4, -0.2) is 20.9 Å². The second-order valence-electron chi connectivity index (χ2n) is 4.81. The number of amides is 1. The van der Waals surface area contributed by atoms with Gasteiger partial charge in [0.1, 0.15) is 5.82 Å². The van der Waals surface area contributed by atoms with E-state index in [0.29, 0.717) is 28.8 Å². The van der Waals surface area contributed by atoms with E-state index in [1.54, 1.807) is 42.7 Å². The zero-order chi connectivity index (χ0) is 15.4. The minimum absolute atomic E-state index is 0.137. The van der Waals surface area contributed by atoms with Crippen LogP contribution in [0.2, 0.25) is 0 Å². The molecule has 6 nitrogen and oxygen atoms in total. The first-order valence-electron chi connectivity index (χ1n) is 6.90. The number of aromatic nitrogens is 3. The van der Waals surface area contributed by atoms with E-state index in [4.69, 9.17) is 0 Å². The number of aryl methyl sites for hydroxylation is 1. The fourth-order valence-electron chi connectivity index (χ4n) is 2.14. The van der Waals surface area contributed by atoms with Crippen molar-refractivity contribution in [2.75, 3.05) is 5.32 Å². The minimum Gasteiger partial charge on any atom is -0.326 e. The number of carbonyl (C=O) groups is 1. The molecule has 0 bridgehead atoms. The number of hydrogen-bond acceptors (Lipinski definition) is 4. The van der Waals surface area contributed by atoms with Crippen molar-refractivity contribution in [1.29, 1.82) is 0 Å². The van der Waals surface area contributed by atoms with E-state index in [1.165, 1.54) is 0 Å². The summed E-state index contributed by atoms with van der Waals surface area (Å²) >= 11 is 0. The van der Waals surface area contributed by atoms with E-state index >= 15 is 0 Å². The third-order valence-electron chi connectivity index (χ3n) is 3.21. The van der Waals surface area contributed by atoms with Gasteiger partial charge < -0.3 is 10.3 Å². The highest BCUT2D eigenvalue weighted by Crippen LogP contribution is 2.08. The number of nitrogens with zero attached hydrogens (tertiary/aromatic N) is 2. The molecule has 110 valence electrons. The largest absolute Gasteiger partial charge is 0.326 e. The molecule has 22 heavy (non-hydrogen) atoms. The van der Waals surface area contributed by atoms with Crippen molar-refractivity contribution in [3.8, 4) is 0 Å². The summed E-state index contributed by atoms with van der Waals surface area (Å²) < 4.78 is 0. The number of hydrogen-bond donors (Lipinski definition) is 2. The number of aromatic amines is 1. The molecule has 6 heteroatoms. The van der Waals surface area contributed by atoms with Crippen molar-refractivity contribution in [3.05, 3.63) is 65.0 Å². The van der Waals surface area contributed by atoms with Gasteiger partial charge in [-0.15, -0.1) is 0 Å². The van der Waals surface area contributed by atoms with Gasteiger partial charge in [0.25, 0.3) is 5.56 Å². The lowest BCUT2D eigenvalue weighted by Crippen LogP contribution is -2.16. The molecule has 0 radical (unpaired) electrons. The monoisotopic (exact) mass is 294 g/mol. The van der Waals surface area contributed by atoms with E-state index < -0.39 is 0 Å². The van der Waals surface area contributed by atoms with Crippen molar-refractivity contribution in [2.45, 2.75) is 12.8 Å². The average molecular weight is 294 g/mol. The Kier molecular flexibility index (Phi) is 3.91. The SMILES string of the molecule is O=C(CCc1nc2ccccc2c(=O)[nH]1)Nc1ccncc1. The fraction of sp³-hybridized carbons (Fsp3) is 0.125. The van der Waals surface area contributed by atoms with Gasteiger partial charge in [0.05, 0.1) is 10.9 Å². The highest BCUT2D eigenvalue weighted by Gasteiger charge is 2.07. The molecule has 0 saturated carbocycles. The maximum absolute atomic E-state index is 11.9. The van der Waals surface area contributed by atoms with Crippen molar-refractivity contribution in [3.63, 3.8) is 0 Å². The highest BCUT2D eigenvalue weighted by atomic mass is 16.1. The molecule has 2 aromatic heterocycles. The first-order chi connectivity index (χ1) is 10.7. The van der Waals surface area contributed by atoms with Crippen LogP contribution in [0.5, 0.6) is 0 Å². The van der Waals surface area contributed by atoms with Crippen LogP contribution in [0.1, 0.15) is 12.2 Å². The smallest absolute Gasteiger partial charge is 0.258 e. The lowest BCUT2D eigenvalue weighted by atomic mass is 10.2. The van der Waals surface area contributed by atoms with Crippen LogP contribution in [0.15, 0.2) is 53.6 Å². The normalized spacial score (nSPS) is 10.5. The fourth-order valence-corrected chi connectivity index (χ4v) is 2.14. The van der Waals surface area contributed by atoms with Crippen LogP contribution in [-0.2, 0) is 11.2 Å². The maximum atomic E-state index is 11.9. The summed E-state index contributed by atoms with van der Waals surface area (Å²) in [6.45, 7) is 0. The predicted molar refractivity (Wildman–Crippen MR) is 83.6 cm³/mol. The Hall–Kier alpha value is -3.02.